The second-order valence-corrected chi connectivity index (χ2v) is 9.11. The van der Waals surface area contributed by atoms with Crippen molar-refractivity contribution in [2.24, 2.45) is 4.99 Å². The predicted molar refractivity (Wildman–Crippen MR) is 116 cm³/mol. The van der Waals surface area contributed by atoms with Crippen LogP contribution in [0.1, 0.15) is 41.5 Å². The summed E-state index contributed by atoms with van der Waals surface area (Å²) in [6.07, 6.45) is 4.04. The number of aromatic nitrogens is 2. The lowest BCUT2D eigenvalue weighted by Crippen LogP contribution is -2.30. The molecule has 4 heterocycles. The molecule has 28 heavy (non-hydrogen) atoms. The van der Waals surface area contributed by atoms with Crippen LogP contribution < -0.4 is 0 Å². The molecule has 0 unspecified atom stereocenters. The van der Waals surface area contributed by atoms with E-state index < -0.39 is 0 Å². The number of aryl methyl sites for hydroxylation is 2. The molecule has 0 radical (unpaired) electrons. The van der Waals surface area contributed by atoms with Crippen LogP contribution in [-0.2, 0) is 0 Å². The summed E-state index contributed by atoms with van der Waals surface area (Å²) in [4.78, 5) is 12.2. The summed E-state index contributed by atoms with van der Waals surface area (Å²) in [5.41, 5.74) is 6.14. The molecule has 0 aliphatic carbocycles. The van der Waals surface area contributed by atoms with E-state index in [1.54, 1.807) is 0 Å². The van der Waals surface area contributed by atoms with Gasteiger partial charge in [-0.15, -0.1) is 0 Å². The van der Waals surface area contributed by atoms with Crippen molar-refractivity contribution in [3.8, 4) is 5.69 Å². The quantitative estimate of drug-likeness (QED) is 0.627. The Bertz CT molecular complexity index is 1040. The summed E-state index contributed by atoms with van der Waals surface area (Å²) in [5, 5.41) is 1.72. The van der Waals surface area contributed by atoms with E-state index in [2.05, 4.69) is 83.9 Å². The number of amidine groups is 1. The van der Waals surface area contributed by atoms with E-state index in [4.69, 9.17) is 4.99 Å². The first kappa shape index (κ1) is 17.6. The fraction of sp³-hybridized carbons (Fsp3) is 0.304. The third-order valence-electron chi connectivity index (χ3n) is 5.73. The largest absolute Gasteiger partial charge is 0.339 e. The van der Waals surface area contributed by atoms with Gasteiger partial charge in [0.1, 0.15) is 6.04 Å². The minimum absolute atomic E-state index is 0.0244. The summed E-state index contributed by atoms with van der Waals surface area (Å²) in [5.74, 6) is 0. The van der Waals surface area contributed by atoms with Crippen molar-refractivity contribution in [1.82, 2.24) is 14.5 Å². The number of benzene rings is 1. The van der Waals surface area contributed by atoms with Crippen LogP contribution >= 0.6 is 11.8 Å². The van der Waals surface area contributed by atoms with Gasteiger partial charge in [-0.1, -0.05) is 30.8 Å². The molecule has 1 saturated heterocycles. The molecule has 0 saturated carbocycles. The molecular formula is C23H24N4S. The highest BCUT2D eigenvalue weighted by Crippen LogP contribution is 2.47. The molecule has 3 atom stereocenters. The second kappa shape index (κ2) is 6.82. The SMILES string of the molecule is Cc1ccc(-n2cccc2[C@H]2[C@H](c3ccccn3)N=C3S[C@@H](C)CN32)cc1C. The number of fused-ring (bicyclic) bond motifs is 1. The zero-order valence-corrected chi connectivity index (χ0v) is 17.2. The second-order valence-electron chi connectivity index (χ2n) is 7.71. The van der Waals surface area contributed by atoms with E-state index in [1.165, 1.54) is 22.5 Å². The lowest BCUT2D eigenvalue weighted by atomic mass is 10.0. The van der Waals surface area contributed by atoms with Gasteiger partial charge in [-0.05, 0) is 61.4 Å². The third kappa shape index (κ3) is 2.85. The van der Waals surface area contributed by atoms with E-state index in [-0.39, 0.29) is 12.1 Å². The molecule has 5 heteroatoms. The van der Waals surface area contributed by atoms with Crippen LogP contribution in [0.15, 0.2) is 65.9 Å². The lowest BCUT2D eigenvalue weighted by molar-refractivity contribution is 0.312. The zero-order valence-electron chi connectivity index (χ0n) is 16.4. The lowest BCUT2D eigenvalue weighted by Gasteiger charge is -2.28. The highest BCUT2D eigenvalue weighted by molar-refractivity contribution is 8.14. The molecule has 142 valence electrons. The molecule has 0 amide bonds. The van der Waals surface area contributed by atoms with E-state index in [1.807, 2.05) is 24.0 Å². The Labute approximate surface area is 170 Å². The molecule has 0 bridgehead atoms. The number of thioether (sulfide) groups is 1. The maximum atomic E-state index is 5.10. The number of hydrogen-bond donors (Lipinski definition) is 0. The van der Waals surface area contributed by atoms with Gasteiger partial charge in [0.05, 0.1) is 11.7 Å². The summed E-state index contributed by atoms with van der Waals surface area (Å²) >= 11 is 1.88. The molecule has 0 N–H and O–H groups in total. The first-order valence-corrected chi connectivity index (χ1v) is 10.7. The number of aliphatic imine (C=N–C) groups is 1. The van der Waals surface area contributed by atoms with Crippen LogP contribution in [0, 0.1) is 13.8 Å². The Morgan fingerprint density at radius 1 is 1.04 bits per heavy atom. The van der Waals surface area contributed by atoms with Gasteiger partial charge in [0, 0.05) is 35.6 Å². The Hall–Kier alpha value is -2.53. The Morgan fingerprint density at radius 3 is 2.71 bits per heavy atom. The maximum Gasteiger partial charge on any atom is 0.160 e. The number of hydrogen-bond acceptors (Lipinski definition) is 4. The molecule has 0 spiro atoms. The van der Waals surface area contributed by atoms with Gasteiger partial charge in [0.25, 0.3) is 0 Å². The average Bonchev–Trinajstić information content (AvgIpc) is 3.38. The first-order valence-electron chi connectivity index (χ1n) is 9.79. The van der Waals surface area contributed by atoms with Crippen molar-refractivity contribution in [2.75, 3.05) is 6.54 Å². The summed E-state index contributed by atoms with van der Waals surface area (Å²) in [7, 11) is 0. The first-order chi connectivity index (χ1) is 13.6. The van der Waals surface area contributed by atoms with Crippen molar-refractivity contribution in [3.05, 3.63) is 83.4 Å². The monoisotopic (exact) mass is 388 g/mol. The van der Waals surface area contributed by atoms with Gasteiger partial charge in [0.2, 0.25) is 0 Å². The molecule has 5 rings (SSSR count). The Balaban J connectivity index is 1.61. The molecule has 3 aromatic rings. The highest BCUT2D eigenvalue weighted by Gasteiger charge is 2.44. The fourth-order valence-corrected chi connectivity index (χ4v) is 5.28. The van der Waals surface area contributed by atoms with Crippen LogP contribution in [-0.4, -0.2) is 31.4 Å². The van der Waals surface area contributed by atoms with Gasteiger partial charge in [-0.2, -0.15) is 0 Å². The van der Waals surface area contributed by atoms with E-state index in [9.17, 15) is 0 Å². The van der Waals surface area contributed by atoms with Gasteiger partial charge in [-0.25, -0.2) is 0 Å². The Kier molecular flexibility index (Phi) is 4.27. The normalized spacial score (nSPS) is 23.8. The van der Waals surface area contributed by atoms with Gasteiger partial charge in [-0.3, -0.25) is 9.98 Å². The number of pyridine rings is 1. The van der Waals surface area contributed by atoms with E-state index in [0.717, 1.165) is 17.4 Å². The minimum atomic E-state index is 0.0244. The smallest absolute Gasteiger partial charge is 0.160 e. The third-order valence-corrected chi connectivity index (χ3v) is 6.84. The van der Waals surface area contributed by atoms with Crippen LogP contribution in [0.2, 0.25) is 0 Å². The predicted octanol–water partition coefficient (Wildman–Crippen LogP) is 5.08. The van der Waals surface area contributed by atoms with E-state index >= 15 is 0 Å². The van der Waals surface area contributed by atoms with Crippen LogP contribution in [0.4, 0.5) is 0 Å². The maximum absolute atomic E-state index is 5.10. The van der Waals surface area contributed by atoms with Crippen molar-refractivity contribution >= 4 is 16.9 Å². The van der Waals surface area contributed by atoms with Crippen LogP contribution in [0.3, 0.4) is 0 Å². The molecule has 4 nitrogen and oxygen atoms in total. The molecule has 2 aliphatic heterocycles. The van der Waals surface area contributed by atoms with Gasteiger partial charge < -0.3 is 9.47 Å². The number of nitrogens with zero attached hydrogens (tertiary/aromatic N) is 4. The molecular weight excluding hydrogens is 364 g/mol. The van der Waals surface area contributed by atoms with Crippen molar-refractivity contribution in [1.29, 1.82) is 0 Å². The summed E-state index contributed by atoms with van der Waals surface area (Å²) < 4.78 is 2.32. The summed E-state index contributed by atoms with van der Waals surface area (Å²) in [6.45, 7) is 7.64. The van der Waals surface area contributed by atoms with Crippen molar-refractivity contribution < 1.29 is 0 Å². The summed E-state index contributed by atoms with van der Waals surface area (Å²) in [6, 6.07) is 17.4. The molecule has 1 aromatic carbocycles. The zero-order chi connectivity index (χ0) is 19.3. The van der Waals surface area contributed by atoms with Crippen LogP contribution in [0.25, 0.3) is 5.69 Å². The van der Waals surface area contributed by atoms with Crippen molar-refractivity contribution in [3.63, 3.8) is 0 Å². The van der Waals surface area contributed by atoms with Gasteiger partial charge in [0.15, 0.2) is 5.17 Å². The molecule has 2 aromatic heterocycles. The molecule has 1 fully saturated rings. The van der Waals surface area contributed by atoms with E-state index in [0.29, 0.717) is 5.25 Å². The van der Waals surface area contributed by atoms with Gasteiger partial charge >= 0.3 is 0 Å². The molecule has 2 aliphatic rings. The van der Waals surface area contributed by atoms with Crippen molar-refractivity contribution in [2.45, 2.75) is 38.1 Å². The standard InChI is InChI=1S/C23H24N4S/c1-15-9-10-18(13-16(15)2)26-12-6-8-20(26)22-21(19-7-4-5-11-24-19)25-23-27(22)14-17(3)28-23/h4-13,17,21-22H,14H2,1-3H3/t17-,21-,22-/m0/s1. The Morgan fingerprint density at radius 2 is 1.93 bits per heavy atom. The number of rotatable bonds is 3. The minimum Gasteiger partial charge on any atom is -0.339 e. The fourth-order valence-electron chi connectivity index (χ4n) is 4.18. The topological polar surface area (TPSA) is 33.4 Å². The average molecular weight is 389 g/mol. The van der Waals surface area contributed by atoms with Crippen LogP contribution in [0.5, 0.6) is 0 Å². The highest BCUT2D eigenvalue weighted by atomic mass is 32.2.